The second-order valence-electron chi connectivity index (χ2n) is 3.68. The molecular weight excluding hydrogens is 201 g/mol. The first-order chi connectivity index (χ1) is 7.83. The molecule has 3 nitrogen and oxygen atoms in total. The number of hydrogen-bond acceptors (Lipinski definition) is 3. The van der Waals surface area contributed by atoms with Crippen LogP contribution in [-0.2, 0) is 0 Å². The molecule has 0 spiro atoms. The number of benzene rings is 2. The molecule has 0 aromatic heterocycles. The average Bonchev–Trinajstić information content (AvgIpc) is 2.72. The first-order valence-corrected chi connectivity index (χ1v) is 5.11. The molecule has 0 aliphatic carbocycles. The average molecular weight is 211 g/mol. The number of rotatable bonds is 1. The maximum Gasteiger partial charge on any atom is 0.632 e. The van der Waals surface area contributed by atoms with Crippen LogP contribution in [0.3, 0.4) is 0 Å². The van der Waals surface area contributed by atoms with Crippen LogP contribution in [-0.4, -0.2) is 7.12 Å². The van der Waals surface area contributed by atoms with Crippen molar-refractivity contribution in [3.63, 3.8) is 0 Å². The van der Waals surface area contributed by atoms with Gasteiger partial charge >= 0.3 is 7.12 Å². The van der Waals surface area contributed by atoms with Crippen molar-refractivity contribution < 1.29 is 9.31 Å². The van der Waals surface area contributed by atoms with Crippen molar-refractivity contribution in [2.45, 2.75) is 0 Å². The van der Waals surface area contributed by atoms with Crippen LogP contribution in [0.4, 0.5) is 5.69 Å². The van der Waals surface area contributed by atoms with Crippen molar-refractivity contribution in [1.82, 2.24) is 0 Å². The van der Waals surface area contributed by atoms with Gasteiger partial charge in [-0.3, -0.25) is 0 Å². The number of nitrogens with two attached hydrogens (primary N) is 1. The molecule has 4 heteroatoms. The standard InChI is InChI=1S/C12H10BNO2/c14-10-5-3-4-9(8-10)13-15-11-6-1-2-7-12(11)16-13/h1-8H,14H2. The van der Waals surface area contributed by atoms with Crippen LogP contribution in [0.1, 0.15) is 0 Å². The zero-order valence-corrected chi connectivity index (χ0v) is 8.59. The lowest BCUT2D eigenvalue weighted by Crippen LogP contribution is -2.39. The van der Waals surface area contributed by atoms with E-state index in [1.54, 1.807) is 0 Å². The largest absolute Gasteiger partial charge is 0.632 e. The maximum absolute atomic E-state index is 5.72. The fourth-order valence-corrected chi connectivity index (χ4v) is 1.74. The molecule has 1 heterocycles. The van der Waals surface area contributed by atoms with E-state index in [0.29, 0.717) is 5.69 Å². The molecule has 2 aromatic carbocycles. The second-order valence-corrected chi connectivity index (χ2v) is 3.68. The summed E-state index contributed by atoms with van der Waals surface area (Å²) >= 11 is 0. The highest BCUT2D eigenvalue weighted by molar-refractivity contribution is 6.63. The molecule has 16 heavy (non-hydrogen) atoms. The fourth-order valence-electron chi connectivity index (χ4n) is 1.74. The van der Waals surface area contributed by atoms with Crippen molar-refractivity contribution in [1.29, 1.82) is 0 Å². The van der Waals surface area contributed by atoms with Gasteiger partial charge in [0.1, 0.15) is 11.5 Å². The van der Waals surface area contributed by atoms with Crippen LogP contribution in [0.15, 0.2) is 48.5 Å². The predicted molar refractivity (Wildman–Crippen MR) is 63.9 cm³/mol. The Morgan fingerprint density at radius 2 is 1.56 bits per heavy atom. The van der Waals surface area contributed by atoms with Gasteiger partial charge < -0.3 is 15.0 Å². The van der Waals surface area contributed by atoms with E-state index in [-0.39, 0.29) is 7.12 Å². The Morgan fingerprint density at radius 1 is 0.875 bits per heavy atom. The van der Waals surface area contributed by atoms with Gasteiger partial charge in [-0.2, -0.15) is 0 Å². The minimum absolute atomic E-state index is 0.388. The summed E-state index contributed by atoms with van der Waals surface area (Å²) in [6.07, 6.45) is 0. The third kappa shape index (κ3) is 1.48. The molecule has 0 radical (unpaired) electrons. The van der Waals surface area contributed by atoms with Crippen LogP contribution in [0.2, 0.25) is 0 Å². The van der Waals surface area contributed by atoms with Crippen molar-refractivity contribution in [3.8, 4) is 11.5 Å². The summed E-state index contributed by atoms with van der Waals surface area (Å²) in [7, 11) is -0.388. The predicted octanol–water partition coefficient (Wildman–Crippen LogP) is 1.44. The Hall–Kier alpha value is -2.10. The SMILES string of the molecule is Nc1cccc(B2Oc3ccccc3O2)c1. The van der Waals surface area contributed by atoms with Gasteiger partial charge in [-0.25, -0.2) is 0 Å². The second kappa shape index (κ2) is 3.49. The topological polar surface area (TPSA) is 44.5 Å². The summed E-state index contributed by atoms with van der Waals surface area (Å²) in [5.74, 6) is 1.55. The molecule has 0 bridgehead atoms. The van der Waals surface area contributed by atoms with Gasteiger partial charge in [0.05, 0.1) is 0 Å². The normalized spacial score (nSPS) is 12.9. The van der Waals surface area contributed by atoms with Crippen LogP contribution in [0, 0.1) is 0 Å². The van der Waals surface area contributed by atoms with E-state index in [1.165, 1.54) is 0 Å². The van der Waals surface area contributed by atoms with Gasteiger partial charge in [0.25, 0.3) is 0 Å². The molecule has 0 saturated heterocycles. The molecule has 0 amide bonds. The molecule has 78 valence electrons. The number of nitrogen functional groups attached to an aromatic ring is 1. The van der Waals surface area contributed by atoms with Gasteiger partial charge in [-0.05, 0) is 24.3 Å². The molecule has 2 N–H and O–H groups in total. The third-order valence-corrected chi connectivity index (χ3v) is 2.50. The highest BCUT2D eigenvalue weighted by Gasteiger charge is 2.33. The number of hydrogen-bond donors (Lipinski definition) is 1. The summed E-state index contributed by atoms with van der Waals surface area (Å²) in [5, 5.41) is 0. The number of para-hydroxylation sites is 2. The molecule has 0 fully saturated rings. The van der Waals surface area contributed by atoms with Crippen molar-refractivity contribution in [3.05, 3.63) is 48.5 Å². The summed E-state index contributed by atoms with van der Waals surface area (Å²) in [6.45, 7) is 0. The van der Waals surface area contributed by atoms with Crippen molar-refractivity contribution >= 4 is 18.3 Å². The molecular formula is C12H10BNO2. The van der Waals surface area contributed by atoms with E-state index in [2.05, 4.69) is 0 Å². The maximum atomic E-state index is 5.72. The minimum atomic E-state index is -0.388. The highest BCUT2D eigenvalue weighted by Crippen LogP contribution is 2.32. The van der Waals surface area contributed by atoms with E-state index >= 15 is 0 Å². The molecule has 1 aliphatic heterocycles. The Kier molecular flexibility index (Phi) is 1.99. The molecule has 0 saturated carbocycles. The van der Waals surface area contributed by atoms with E-state index < -0.39 is 0 Å². The summed E-state index contributed by atoms with van der Waals surface area (Å²) in [6, 6.07) is 15.1. The Bertz CT molecular complexity index is 505. The zero-order chi connectivity index (χ0) is 11.0. The number of fused-ring (bicyclic) bond motifs is 1. The van der Waals surface area contributed by atoms with Crippen LogP contribution < -0.4 is 20.5 Å². The van der Waals surface area contributed by atoms with E-state index in [4.69, 9.17) is 15.0 Å². The summed E-state index contributed by atoms with van der Waals surface area (Å²) < 4.78 is 11.3. The lowest BCUT2D eigenvalue weighted by Gasteiger charge is -2.05. The first kappa shape index (κ1) is 9.15. The Morgan fingerprint density at radius 3 is 2.19 bits per heavy atom. The van der Waals surface area contributed by atoms with E-state index in [1.807, 2.05) is 48.5 Å². The molecule has 3 rings (SSSR count). The van der Waals surface area contributed by atoms with Gasteiger partial charge in [0.15, 0.2) is 0 Å². The smallest absolute Gasteiger partial charge is 0.519 e. The minimum Gasteiger partial charge on any atom is -0.519 e. The number of anilines is 1. The molecule has 0 unspecified atom stereocenters. The first-order valence-electron chi connectivity index (χ1n) is 5.11. The highest BCUT2D eigenvalue weighted by atomic mass is 16.6. The van der Waals surface area contributed by atoms with Gasteiger partial charge in [0.2, 0.25) is 0 Å². The molecule has 2 aromatic rings. The summed E-state index contributed by atoms with van der Waals surface area (Å²) in [4.78, 5) is 0. The van der Waals surface area contributed by atoms with E-state index in [0.717, 1.165) is 17.0 Å². The molecule has 0 atom stereocenters. The Labute approximate surface area is 93.9 Å². The Balaban J connectivity index is 1.91. The van der Waals surface area contributed by atoms with Crippen molar-refractivity contribution in [2.24, 2.45) is 0 Å². The van der Waals surface area contributed by atoms with Crippen LogP contribution in [0.25, 0.3) is 0 Å². The van der Waals surface area contributed by atoms with Crippen LogP contribution in [0.5, 0.6) is 11.5 Å². The lowest BCUT2D eigenvalue weighted by atomic mass is 9.79. The quantitative estimate of drug-likeness (QED) is 0.573. The van der Waals surface area contributed by atoms with Gasteiger partial charge in [0, 0.05) is 11.2 Å². The van der Waals surface area contributed by atoms with Crippen LogP contribution >= 0.6 is 0 Å². The molecule has 1 aliphatic rings. The monoisotopic (exact) mass is 211 g/mol. The third-order valence-electron chi connectivity index (χ3n) is 2.50. The van der Waals surface area contributed by atoms with Gasteiger partial charge in [-0.1, -0.05) is 24.3 Å². The lowest BCUT2D eigenvalue weighted by molar-refractivity contribution is 0.519. The fraction of sp³-hybridized carbons (Fsp3) is 0. The summed E-state index contributed by atoms with van der Waals surface area (Å²) in [5.41, 5.74) is 7.36. The van der Waals surface area contributed by atoms with Gasteiger partial charge in [-0.15, -0.1) is 0 Å². The zero-order valence-electron chi connectivity index (χ0n) is 8.59. The van der Waals surface area contributed by atoms with Crippen molar-refractivity contribution in [2.75, 3.05) is 5.73 Å². The van der Waals surface area contributed by atoms with E-state index in [9.17, 15) is 0 Å².